The highest BCUT2D eigenvalue weighted by atomic mass is 19.4. The van der Waals surface area contributed by atoms with Crippen molar-refractivity contribution in [3.63, 3.8) is 0 Å². The van der Waals surface area contributed by atoms with E-state index in [0.717, 1.165) is 18.2 Å². The number of aliphatic hydroxyl groups excluding tert-OH is 1. The summed E-state index contributed by atoms with van der Waals surface area (Å²) in [7, 11) is 0. The number of furan rings is 1. The van der Waals surface area contributed by atoms with Crippen LogP contribution in [0.25, 0.3) is 0 Å². The lowest BCUT2D eigenvalue weighted by Crippen LogP contribution is -2.28. The fourth-order valence-electron chi connectivity index (χ4n) is 1.71. The zero-order chi connectivity index (χ0) is 15.5. The van der Waals surface area contributed by atoms with Gasteiger partial charge >= 0.3 is 6.18 Å². The van der Waals surface area contributed by atoms with Crippen LogP contribution in [0.15, 0.2) is 47.3 Å². The molecule has 4 nitrogen and oxygen atoms in total. The van der Waals surface area contributed by atoms with Gasteiger partial charge in [-0.15, -0.1) is 0 Å². The molecule has 0 spiro atoms. The fraction of sp³-hybridized carbons (Fsp3) is 0.214. The number of amides is 1. The molecule has 7 heteroatoms. The van der Waals surface area contributed by atoms with Gasteiger partial charge in [0.1, 0.15) is 0 Å². The fourth-order valence-corrected chi connectivity index (χ4v) is 1.71. The molecule has 1 unspecified atom stereocenters. The van der Waals surface area contributed by atoms with Crippen LogP contribution in [0, 0.1) is 0 Å². The maximum absolute atomic E-state index is 12.5. The Morgan fingerprint density at radius 3 is 2.71 bits per heavy atom. The van der Waals surface area contributed by atoms with Gasteiger partial charge in [0.25, 0.3) is 5.91 Å². The van der Waals surface area contributed by atoms with Gasteiger partial charge in [-0.05, 0) is 24.3 Å². The van der Waals surface area contributed by atoms with Crippen molar-refractivity contribution in [2.45, 2.75) is 12.3 Å². The van der Waals surface area contributed by atoms with Crippen molar-refractivity contribution in [1.82, 2.24) is 5.32 Å². The lowest BCUT2D eigenvalue weighted by Gasteiger charge is -2.11. The molecule has 0 bridgehead atoms. The van der Waals surface area contributed by atoms with Crippen LogP contribution in [0.5, 0.6) is 0 Å². The minimum atomic E-state index is -4.51. The summed E-state index contributed by atoms with van der Waals surface area (Å²) in [5, 5.41) is 12.1. The number of rotatable bonds is 4. The maximum Gasteiger partial charge on any atom is 0.416 e. The number of benzene rings is 1. The molecule has 0 aliphatic carbocycles. The van der Waals surface area contributed by atoms with Crippen molar-refractivity contribution in [2.75, 3.05) is 6.54 Å². The molecule has 0 aliphatic heterocycles. The number of hydrogen-bond donors (Lipinski definition) is 2. The molecule has 0 fully saturated rings. The third-order valence-electron chi connectivity index (χ3n) is 2.84. The molecule has 2 N–H and O–H groups in total. The van der Waals surface area contributed by atoms with Crippen molar-refractivity contribution in [2.24, 2.45) is 0 Å². The zero-order valence-electron chi connectivity index (χ0n) is 10.7. The van der Waals surface area contributed by atoms with E-state index in [1.54, 1.807) is 0 Å². The average molecular weight is 299 g/mol. The standard InChI is InChI=1S/C14H12F3NO3/c15-14(16,17)11-3-1-2-9(6-11)13(20)18-7-12(19)10-4-5-21-8-10/h1-6,8,12,19H,7H2,(H,18,20). The molecule has 1 atom stereocenters. The average Bonchev–Trinajstić information content (AvgIpc) is 2.98. The minimum Gasteiger partial charge on any atom is -0.472 e. The van der Waals surface area contributed by atoms with Gasteiger partial charge in [0, 0.05) is 17.7 Å². The van der Waals surface area contributed by atoms with Gasteiger partial charge in [-0.1, -0.05) is 6.07 Å². The molecule has 2 aromatic rings. The van der Waals surface area contributed by atoms with Gasteiger partial charge < -0.3 is 14.8 Å². The highest BCUT2D eigenvalue weighted by molar-refractivity contribution is 5.94. The third kappa shape index (κ3) is 3.85. The molecule has 0 aliphatic rings. The number of nitrogens with one attached hydrogen (secondary N) is 1. The SMILES string of the molecule is O=C(NCC(O)c1ccoc1)c1cccc(C(F)(F)F)c1. The first-order valence-corrected chi connectivity index (χ1v) is 6.03. The van der Waals surface area contributed by atoms with Crippen LogP contribution in [0.3, 0.4) is 0 Å². The van der Waals surface area contributed by atoms with Crippen molar-refractivity contribution in [3.8, 4) is 0 Å². The van der Waals surface area contributed by atoms with Gasteiger partial charge in [-0.3, -0.25) is 4.79 Å². The van der Waals surface area contributed by atoms with E-state index in [2.05, 4.69) is 5.32 Å². The maximum atomic E-state index is 12.5. The molecule has 112 valence electrons. The van der Waals surface area contributed by atoms with Crippen LogP contribution in [0.4, 0.5) is 13.2 Å². The molecule has 0 saturated heterocycles. The van der Waals surface area contributed by atoms with Crippen LogP contribution in [0.2, 0.25) is 0 Å². The predicted octanol–water partition coefficient (Wildman–Crippen LogP) is 2.76. The summed E-state index contributed by atoms with van der Waals surface area (Å²) in [5.74, 6) is -0.691. The van der Waals surface area contributed by atoms with Crippen LogP contribution < -0.4 is 5.32 Å². The molecular weight excluding hydrogens is 287 g/mol. The predicted molar refractivity (Wildman–Crippen MR) is 67.4 cm³/mol. The van der Waals surface area contributed by atoms with Gasteiger partial charge in [0.2, 0.25) is 0 Å². The summed E-state index contributed by atoms with van der Waals surface area (Å²) in [4.78, 5) is 11.8. The van der Waals surface area contributed by atoms with Crippen molar-refractivity contribution in [1.29, 1.82) is 0 Å². The first-order valence-electron chi connectivity index (χ1n) is 6.03. The molecule has 0 radical (unpaired) electrons. The first-order chi connectivity index (χ1) is 9.88. The second-order valence-electron chi connectivity index (χ2n) is 4.36. The number of hydrogen-bond acceptors (Lipinski definition) is 3. The molecule has 0 saturated carbocycles. The Hall–Kier alpha value is -2.28. The highest BCUT2D eigenvalue weighted by Crippen LogP contribution is 2.29. The number of carbonyl (C=O) groups excluding carboxylic acids is 1. The van der Waals surface area contributed by atoms with E-state index in [1.807, 2.05) is 0 Å². The van der Waals surface area contributed by atoms with Crippen LogP contribution in [-0.4, -0.2) is 17.6 Å². The quantitative estimate of drug-likeness (QED) is 0.912. The van der Waals surface area contributed by atoms with Gasteiger partial charge in [0.15, 0.2) is 0 Å². The number of halogens is 3. The normalized spacial score (nSPS) is 13.0. The largest absolute Gasteiger partial charge is 0.472 e. The Kier molecular flexibility index (Phi) is 4.32. The third-order valence-corrected chi connectivity index (χ3v) is 2.84. The number of alkyl halides is 3. The summed E-state index contributed by atoms with van der Waals surface area (Å²) < 4.78 is 42.4. The summed E-state index contributed by atoms with van der Waals surface area (Å²) in [6, 6.07) is 5.61. The number of aliphatic hydroxyl groups is 1. The van der Waals surface area contributed by atoms with Crippen molar-refractivity contribution in [3.05, 3.63) is 59.5 Å². The Morgan fingerprint density at radius 2 is 2.10 bits per heavy atom. The molecule has 21 heavy (non-hydrogen) atoms. The van der Waals surface area contributed by atoms with Crippen molar-refractivity contribution < 1.29 is 27.5 Å². The first kappa shape index (κ1) is 15.1. The zero-order valence-corrected chi connectivity index (χ0v) is 10.7. The van der Waals surface area contributed by atoms with E-state index < -0.39 is 23.8 Å². The van der Waals surface area contributed by atoms with Gasteiger partial charge in [0.05, 0.1) is 24.2 Å². The molecule has 1 heterocycles. The topological polar surface area (TPSA) is 62.5 Å². The monoisotopic (exact) mass is 299 g/mol. The van der Waals surface area contributed by atoms with E-state index in [1.165, 1.54) is 24.7 Å². The van der Waals surface area contributed by atoms with Gasteiger partial charge in [-0.25, -0.2) is 0 Å². The second-order valence-corrected chi connectivity index (χ2v) is 4.36. The molecular formula is C14H12F3NO3. The Bertz CT molecular complexity index is 608. The van der Waals surface area contributed by atoms with Gasteiger partial charge in [-0.2, -0.15) is 13.2 Å². The Morgan fingerprint density at radius 1 is 1.33 bits per heavy atom. The molecule has 1 aromatic heterocycles. The van der Waals surface area contributed by atoms with E-state index in [0.29, 0.717) is 5.56 Å². The minimum absolute atomic E-state index is 0.121. The highest BCUT2D eigenvalue weighted by Gasteiger charge is 2.30. The summed E-state index contributed by atoms with van der Waals surface area (Å²) in [5.41, 5.74) is -0.547. The Labute approximate surface area is 118 Å². The lowest BCUT2D eigenvalue weighted by molar-refractivity contribution is -0.137. The Balaban J connectivity index is 2.01. The van der Waals surface area contributed by atoms with E-state index in [-0.39, 0.29) is 12.1 Å². The molecule has 1 aromatic carbocycles. The number of carbonyl (C=O) groups is 1. The summed E-state index contributed by atoms with van der Waals surface area (Å²) in [6.45, 7) is -0.130. The van der Waals surface area contributed by atoms with Crippen LogP contribution >= 0.6 is 0 Å². The van der Waals surface area contributed by atoms with Crippen LogP contribution in [0.1, 0.15) is 27.6 Å². The molecule has 2 rings (SSSR count). The van der Waals surface area contributed by atoms with E-state index in [4.69, 9.17) is 4.42 Å². The van der Waals surface area contributed by atoms with Crippen molar-refractivity contribution >= 4 is 5.91 Å². The van der Waals surface area contributed by atoms with Crippen LogP contribution in [-0.2, 0) is 6.18 Å². The summed E-state index contributed by atoms with van der Waals surface area (Å²) in [6.07, 6.45) is -2.81. The smallest absolute Gasteiger partial charge is 0.416 e. The second kappa shape index (κ2) is 6.01. The summed E-state index contributed by atoms with van der Waals surface area (Å²) >= 11 is 0. The lowest BCUT2D eigenvalue weighted by atomic mass is 10.1. The van der Waals surface area contributed by atoms with E-state index in [9.17, 15) is 23.1 Å². The molecule has 1 amide bonds. The van der Waals surface area contributed by atoms with E-state index >= 15 is 0 Å².